The van der Waals surface area contributed by atoms with E-state index >= 15 is 0 Å². The number of benzene rings is 4. The monoisotopic (exact) mass is 573 g/mol. The number of rotatable bonds is 3. The minimum Gasteiger partial charge on any atom is -0.493 e. The lowest BCUT2D eigenvalue weighted by atomic mass is 9.97. The van der Waals surface area contributed by atoms with Crippen LogP contribution >= 0.6 is 0 Å². The molecule has 0 saturated carbocycles. The zero-order chi connectivity index (χ0) is 29.2. The maximum absolute atomic E-state index is 6.79. The lowest BCUT2D eigenvalue weighted by molar-refractivity contribution is 0.323. The van der Waals surface area contributed by atoms with Crippen molar-refractivity contribution >= 4 is 67.5 Å². The van der Waals surface area contributed by atoms with E-state index in [9.17, 15) is 0 Å². The standard InChI is InChI=1S/C40H31NO3/c1-25-10-8-9-21-42-37-23-27(17-19-29(25)37)41(28-18-20-32-31-13-4-6-15-35(31)43-38(32)24-28)34-22-26-11-2-3-12-30(26)39-33-14-5-7-16-36(33)44-40(34)39/h2-5,8,10-14,17-20,22-24H,1,6-7,9,15-16,21H2/b10-8-. The van der Waals surface area contributed by atoms with Crippen LogP contribution in [0.1, 0.15) is 47.5 Å². The molecule has 2 aliphatic carbocycles. The summed E-state index contributed by atoms with van der Waals surface area (Å²) in [4.78, 5) is 2.30. The van der Waals surface area contributed by atoms with Crippen molar-refractivity contribution in [2.24, 2.45) is 0 Å². The van der Waals surface area contributed by atoms with Crippen molar-refractivity contribution in [2.75, 3.05) is 11.5 Å². The van der Waals surface area contributed by atoms with Crippen molar-refractivity contribution in [3.05, 3.63) is 126 Å². The summed E-state index contributed by atoms with van der Waals surface area (Å²) in [6, 6.07) is 23.9. The number of furan rings is 2. The van der Waals surface area contributed by atoms with Gasteiger partial charge in [-0.2, -0.15) is 0 Å². The van der Waals surface area contributed by atoms with E-state index in [-0.39, 0.29) is 0 Å². The first-order chi connectivity index (χ1) is 21.7. The highest BCUT2D eigenvalue weighted by Crippen LogP contribution is 2.48. The highest BCUT2D eigenvalue weighted by atomic mass is 16.5. The SMILES string of the molecule is C=C1/C=C\CCOc2cc(N(c3ccc4c5c(oc4c3)CCC=C5)c3cc4ccccc4c4c5c(oc34)CCC=C5)ccc21. The second-order valence-corrected chi connectivity index (χ2v) is 11.8. The van der Waals surface area contributed by atoms with E-state index in [1.165, 1.54) is 21.9 Å². The van der Waals surface area contributed by atoms with Gasteiger partial charge in [0, 0.05) is 58.1 Å². The molecular formula is C40H31NO3. The third kappa shape index (κ3) is 3.91. The summed E-state index contributed by atoms with van der Waals surface area (Å²) in [7, 11) is 0. The van der Waals surface area contributed by atoms with Crippen molar-refractivity contribution in [2.45, 2.75) is 32.1 Å². The van der Waals surface area contributed by atoms with Crippen LogP contribution in [0, 0.1) is 0 Å². The van der Waals surface area contributed by atoms with Crippen molar-refractivity contribution in [3.8, 4) is 5.75 Å². The van der Waals surface area contributed by atoms with Gasteiger partial charge in [0.05, 0.1) is 18.0 Å². The fraction of sp³-hybridized carbons (Fsp3) is 0.150. The van der Waals surface area contributed by atoms with Crippen molar-refractivity contribution in [1.29, 1.82) is 0 Å². The number of fused-ring (bicyclic) bond motifs is 9. The highest BCUT2D eigenvalue weighted by molar-refractivity contribution is 6.16. The van der Waals surface area contributed by atoms with Crippen LogP contribution in [0.3, 0.4) is 0 Å². The van der Waals surface area contributed by atoms with E-state index < -0.39 is 0 Å². The number of aryl methyl sites for hydroxylation is 2. The average Bonchev–Trinajstić information content (AvgIpc) is 3.63. The molecule has 9 rings (SSSR count). The van der Waals surface area contributed by atoms with Gasteiger partial charge in [-0.15, -0.1) is 0 Å². The molecular weight excluding hydrogens is 542 g/mol. The highest BCUT2D eigenvalue weighted by Gasteiger charge is 2.26. The quantitative estimate of drug-likeness (QED) is 0.211. The zero-order valence-electron chi connectivity index (χ0n) is 24.4. The average molecular weight is 574 g/mol. The van der Waals surface area contributed by atoms with Crippen molar-refractivity contribution in [3.63, 3.8) is 0 Å². The molecule has 0 atom stereocenters. The summed E-state index contributed by atoms with van der Waals surface area (Å²) in [5.74, 6) is 2.94. The first-order valence-corrected chi connectivity index (χ1v) is 15.5. The summed E-state index contributed by atoms with van der Waals surface area (Å²) < 4.78 is 19.6. The first kappa shape index (κ1) is 25.3. The summed E-state index contributed by atoms with van der Waals surface area (Å²) in [6.45, 7) is 4.93. The summed E-state index contributed by atoms with van der Waals surface area (Å²) in [6.07, 6.45) is 17.8. The van der Waals surface area contributed by atoms with E-state index in [2.05, 4.69) is 115 Å². The maximum atomic E-state index is 6.79. The molecule has 6 aromatic rings. The molecule has 4 heteroatoms. The molecule has 0 spiro atoms. The fourth-order valence-electron chi connectivity index (χ4n) is 7.04. The second kappa shape index (κ2) is 9.92. The molecule has 1 aliphatic heterocycles. The van der Waals surface area contributed by atoms with Crippen LogP contribution < -0.4 is 9.64 Å². The van der Waals surface area contributed by atoms with E-state index in [0.29, 0.717) is 6.61 Å². The van der Waals surface area contributed by atoms with Gasteiger partial charge in [-0.25, -0.2) is 0 Å². The molecule has 4 aromatic carbocycles. The zero-order valence-corrected chi connectivity index (χ0v) is 24.4. The number of hydrogen-bond donors (Lipinski definition) is 0. The molecule has 0 radical (unpaired) electrons. The topological polar surface area (TPSA) is 38.8 Å². The number of allylic oxidation sites excluding steroid dienone is 4. The molecule has 2 aromatic heterocycles. The molecule has 3 heterocycles. The van der Waals surface area contributed by atoms with Crippen LogP contribution in [0.5, 0.6) is 5.75 Å². The molecule has 0 fully saturated rings. The summed E-state index contributed by atoms with van der Waals surface area (Å²) >= 11 is 0. The van der Waals surface area contributed by atoms with Crippen LogP contribution in [0.15, 0.2) is 106 Å². The summed E-state index contributed by atoms with van der Waals surface area (Å²) in [5.41, 5.74) is 9.10. The number of nitrogens with zero attached hydrogens (tertiary/aromatic N) is 1. The Morgan fingerprint density at radius 1 is 0.682 bits per heavy atom. The third-order valence-electron chi connectivity index (χ3n) is 9.14. The number of anilines is 3. The van der Waals surface area contributed by atoms with Crippen LogP contribution in [-0.2, 0) is 12.8 Å². The van der Waals surface area contributed by atoms with E-state index in [1.807, 2.05) is 0 Å². The van der Waals surface area contributed by atoms with Gasteiger partial charge in [0.15, 0.2) is 5.58 Å². The fourth-order valence-corrected chi connectivity index (χ4v) is 7.04. The van der Waals surface area contributed by atoms with E-state index in [4.69, 9.17) is 13.6 Å². The Hall–Kier alpha value is -5.22. The maximum Gasteiger partial charge on any atom is 0.159 e. The predicted octanol–water partition coefficient (Wildman–Crippen LogP) is 11.1. The molecule has 0 unspecified atom stereocenters. The van der Waals surface area contributed by atoms with E-state index in [0.717, 1.165) is 99.5 Å². The first-order valence-electron chi connectivity index (χ1n) is 15.5. The Morgan fingerprint density at radius 2 is 1.45 bits per heavy atom. The minimum absolute atomic E-state index is 0.620. The molecule has 214 valence electrons. The Morgan fingerprint density at radius 3 is 2.36 bits per heavy atom. The predicted molar refractivity (Wildman–Crippen MR) is 181 cm³/mol. The lowest BCUT2D eigenvalue weighted by Crippen LogP contribution is -2.11. The van der Waals surface area contributed by atoms with Crippen LogP contribution in [0.25, 0.3) is 50.4 Å². The van der Waals surface area contributed by atoms with Gasteiger partial charge in [-0.05, 0) is 65.9 Å². The second-order valence-electron chi connectivity index (χ2n) is 11.8. The van der Waals surface area contributed by atoms with Gasteiger partial charge in [0.2, 0.25) is 0 Å². The van der Waals surface area contributed by atoms with Gasteiger partial charge in [-0.1, -0.05) is 67.3 Å². The van der Waals surface area contributed by atoms with E-state index in [1.54, 1.807) is 0 Å². The molecule has 4 nitrogen and oxygen atoms in total. The Kier molecular flexibility index (Phi) is 5.70. The normalized spacial score (nSPS) is 16.3. The van der Waals surface area contributed by atoms with Crippen molar-refractivity contribution < 1.29 is 13.6 Å². The van der Waals surface area contributed by atoms with Gasteiger partial charge < -0.3 is 18.5 Å². The Balaban J connectivity index is 1.33. The molecule has 0 N–H and O–H groups in total. The van der Waals surface area contributed by atoms with Crippen LogP contribution in [0.4, 0.5) is 17.1 Å². The molecule has 0 saturated heterocycles. The Labute approximate surface area is 255 Å². The molecule has 0 amide bonds. The number of hydrogen-bond acceptors (Lipinski definition) is 4. The van der Waals surface area contributed by atoms with Gasteiger partial charge in [0.1, 0.15) is 22.9 Å². The minimum atomic E-state index is 0.620. The summed E-state index contributed by atoms with van der Waals surface area (Å²) in [5, 5.41) is 4.68. The van der Waals surface area contributed by atoms with Gasteiger partial charge in [-0.3, -0.25) is 0 Å². The van der Waals surface area contributed by atoms with Gasteiger partial charge >= 0.3 is 0 Å². The Bertz CT molecular complexity index is 2240. The molecule has 3 aliphatic rings. The van der Waals surface area contributed by atoms with Crippen LogP contribution in [-0.4, -0.2) is 6.61 Å². The molecule has 0 bridgehead atoms. The third-order valence-corrected chi connectivity index (χ3v) is 9.14. The van der Waals surface area contributed by atoms with Crippen LogP contribution in [0.2, 0.25) is 0 Å². The number of ether oxygens (including phenoxy) is 1. The lowest BCUT2D eigenvalue weighted by Gasteiger charge is -2.27. The smallest absolute Gasteiger partial charge is 0.159 e. The van der Waals surface area contributed by atoms with Gasteiger partial charge in [0.25, 0.3) is 0 Å². The van der Waals surface area contributed by atoms with Crippen molar-refractivity contribution in [1.82, 2.24) is 0 Å². The largest absolute Gasteiger partial charge is 0.493 e. The molecule has 44 heavy (non-hydrogen) atoms.